The van der Waals surface area contributed by atoms with Crippen molar-refractivity contribution in [2.45, 2.75) is 26.2 Å². The van der Waals surface area contributed by atoms with Crippen LogP contribution in [0.5, 0.6) is 0 Å². The molecule has 2 N–H and O–H groups in total. The van der Waals surface area contributed by atoms with E-state index < -0.39 is 0 Å². The molecule has 7 heteroatoms. The van der Waals surface area contributed by atoms with Crippen LogP contribution < -0.4 is 10.6 Å². The van der Waals surface area contributed by atoms with E-state index in [-0.39, 0.29) is 5.91 Å². The van der Waals surface area contributed by atoms with Gasteiger partial charge in [0.25, 0.3) is 0 Å². The molecule has 1 atom stereocenters. The molecule has 1 unspecified atom stereocenters. The van der Waals surface area contributed by atoms with Gasteiger partial charge in [-0.1, -0.05) is 0 Å². The summed E-state index contributed by atoms with van der Waals surface area (Å²) < 4.78 is 1.74. The van der Waals surface area contributed by atoms with Crippen LogP contribution >= 0.6 is 0 Å². The van der Waals surface area contributed by atoms with Crippen molar-refractivity contribution in [3.05, 3.63) is 18.0 Å². The second kappa shape index (κ2) is 5.07. The van der Waals surface area contributed by atoms with Gasteiger partial charge in [0.05, 0.1) is 0 Å². The molecule has 1 fully saturated rings. The number of rotatable bonds is 3. The van der Waals surface area contributed by atoms with Crippen molar-refractivity contribution in [2.75, 3.05) is 18.0 Å². The number of anilines is 1. The zero-order chi connectivity index (χ0) is 14.1. The van der Waals surface area contributed by atoms with Gasteiger partial charge >= 0.3 is 0 Å². The Morgan fingerprint density at radius 1 is 1.45 bits per heavy atom. The maximum absolute atomic E-state index is 11.1. The van der Waals surface area contributed by atoms with Gasteiger partial charge in [0.2, 0.25) is 5.91 Å². The highest BCUT2D eigenvalue weighted by Gasteiger charge is 2.22. The number of carbonyl (C=O) groups is 1. The average molecular weight is 274 g/mol. The van der Waals surface area contributed by atoms with Crippen LogP contribution in [0.3, 0.4) is 0 Å². The molecule has 0 radical (unpaired) electrons. The fourth-order valence-corrected chi connectivity index (χ4v) is 2.78. The lowest BCUT2D eigenvalue weighted by molar-refractivity contribution is -0.118. The highest BCUT2D eigenvalue weighted by molar-refractivity contribution is 5.74. The molecule has 1 saturated heterocycles. The van der Waals surface area contributed by atoms with Crippen LogP contribution in [-0.2, 0) is 4.79 Å². The molecule has 0 saturated carbocycles. The summed E-state index contributed by atoms with van der Waals surface area (Å²) >= 11 is 0. The van der Waals surface area contributed by atoms with Crippen LogP contribution in [0, 0.1) is 12.8 Å². The Labute approximate surface area is 116 Å². The molecule has 7 nitrogen and oxygen atoms in total. The summed E-state index contributed by atoms with van der Waals surface area (Å²) in [6.07, 6.45) is 2.55. The Hall–Kier alpha value is -2.18. The van der Waals surface area contributed by atoms with Gasteiger partial charge in [-0.3, -0.25) is 4.79 Å². The average Bonchev–Trinajstić information content (AvgIpc) is 2.80. The molecule has 0 bridgehead atoms. The van der Waals surface area contributed by atoms with Gasteiger partial charge in [-0.15, -0.1) is 15.3 Å². The van der Waals surface area contributed by atoms with E-state index in [1.807, 2.05) is 19.1 Å². The monoisotopic (exact) mass is 274 g/mol. The molecule has 2 aromatic rings. The van der Waals surface area contributed by atoms with Gasteiger partial charge in [0.15, 0.2) is 11.5 Å². The summed E-state index contributed by atoms with van der Waals surface area (Å²) in [4.78, 5) is 13.3. The molecular weight excluding hydrogens is 256 g/mol. The Morgan fingerprint density at radius 3 is 3.10 bits per heavy atom. The number of amides is 1. The SMILES string of the molecule is Cc1nnc2ccc(N3CCCC(CC(N)=O)C3)nn12. The van der Waals surface area contributed by atoms with Crippen molar-refractivity contribution >= 4 is 17.4 Å². The van der Waals surface area contributed by atoms with Crippen molar-refractivity contribution in [3.63, 3.8) is 0 Å². The molecule has 1 aliphatic heterocycles. The van der Waals surface area contributed by atoms with Crippen LogP contribution in [0.15, 0.2) is 12.1 Å². The Bertz CT molecular complexity index is 637. The van der Waals surface area contributed by atoms with E-state index in [4.69, 9.17) is 5.73 Å². The predicted molar refractivity (Wildman–Crippen MR) is 74.3 cm³/mol. The summed E-state index contributed by atoms with van der Waals surface area (Å²) in [7, 11) is 0. The minimum atomic E-state index is -0.227. The second-order valence-corrected chi connectivity index (χ2v) is 5.33. The zero-order valence-electron chi connectivity index (χ0n) is 11.5. The van der Waals surface area contributed by atoms with Crippen LogP contribution in [0.1, 0.15) is 25.1 Å². The Kier molecular flexibility index (Phi) is 3.25. The maximum Gasteiger partial charge on any atom is 0.217 e. The van der Waals surface area contributed by atoms with Crippen molar-refractivity contribution in [3.8, 4) is 0 Å². The largest absolute Gasteiger partial charge is 0.370 e. The highest BCUT2D eigenvalue weighted by Crippen LogP contribution is 2.23. The van der Waals surface area contributed by atoms with Crippen LogP contribution in [0.25, 0.3) is 5.65 Å². The van der Waals surface area contributed by atoms with E-state index in [9.17, 15) is 4.79 Å². The number of aromatic nitrogens is 4. The number of nitrogens with zero attached hydrogens (tertiary/aromatic N) is 5. The topological polar surface area (TPSA) is 89.4 Å². The molecule has 2 aromatic heterocycles. The summed E-state index contributed by atoms with van der Waals surface area (Å²) in [6, 6.07) is 3.87. The molecule has 1 aliphatic rings. The fourth-order valence-electron chi connectivity index (χ4n) is 2.78. The number of nitrogens with two attached hydrogens (primary N) is 1. The first-order chi connectivity index (χ1) is 9.63. The molecule has 0 aliphatic carbocycles. The maximum atomic E-state index is 11.1. The molecule has 106 valence electrons. The Morgan fingerprint density at radius 2 is 2.30 bits per heavy atom. The first-order valence-corrected chi connectivity index (χ1v) is 6.86. The minimum absolute atomic E-state index is 0.227. The number of hydrogen-bond acceptors (Lipinski definition) is 5. The van der Waals surface area contributed by atoms with Crippen molar-refractivity contribution < 1.29 is 4.79 Å². The van der Waals surface area contributed by atoms with E-state index >= 15 is 0 Å². The summed E-state index contributed by atoms with van der Waals surface area (Å²) in [5, 5.41) is 12.6. The number of hydrogen-bond donors (Lipinski definition) is 1. The third-order valence-corrected chi connectivity index (χ3v) is 3.74. The van der Waals surface area contributed by atoms with Gasteiger partial charge in [0, 0.05) is 19.5 Å². The fraction of sp³-hybridized carbons (Fsp3) is 0.538. The van der Waals surface area contributed by atoms with E-state index in [0.29, 0.717) is 12.3 Å². The number of carbonyl (C=O) groups excluding carboxylic acids is 1. The molecule has 0 spiro atoms. The summed E-state index contributed by atoms with van der Waals surface area (Å²) in [5.41, 5.74) is 6.04. The van der Waals surface area contributed by atoms with Gasteiger partial charge in [-0.2, -0.15) is 4.52 Å². The van der Waals surface area contributed by atoms with Crippen LogP contribution in [0.2, 0.25) is 0 Å². The second-order valence-electron chi connectivity index (χ2n) is 5.33. The lowest BCUT2D eigenvalue weighted by atomic mass is 9.94. The van der Waals surface area contributed by atoms with Gasteiger partial charge < -0.3 is 10.6 Å². The number of piperidine rings is 1. The minimum Gasteiger partial charge on any atom is -0.370 e. The van der Waals surface area contributed by atoms with E-state index in [1.165, 1.54) is 0 Å². The molecular formula is C13H18N6O. The normalized spacial score (nSPS) is 19.4. The third-order valence-electron chi connectivity index (χ3n) is 3.74. The van der Waals surface area contributed by atoms with E-state index in [1.54, 1.807) is 4.52 Å². The molecule has 1 amide bonds. The number of fused-ring (bicyclic) bond motifs is 1. The summed E-state index contributed by atoms with van der Waals surface area (Å²) in [5.74, 6) is 1.76. The quantitative estimate of drug-likeness (QED) is 0.881. The number of aryl methyl sites for hydroxylation is 1. The first-order valence-electron chi connectivity index (χ1n) is 6.86. The van der Waals surface area contributed by atoms with Gasteiger partial charge in [-0.25, -0.2) is 0 Å². The van der Waals surface area contributed by atoms with Gasteiger partial charge in [-0.05, 0) is 37.8 Å². The van der Waals surface area contributed by atoms with E-state index in [0.717, 1.165) is 43.2 Å². The molecule has 0 aromatic carbocycles. The lowest BCUT2D eigenvalue weighted by Crippen LogP contribution is -2.37. The number of primary amides is 1. The van der Waals surface area contributed by atoms with Gasteiger partial charge in [0.1, 0.15) is 5.82 Å². The van der Waals surface area contributed by atoms with Crippen LogP contribution in [-0.4, -0.2) is 38.8 Å². The van der Waals surface area contributed by atoms with E-state index in [2.05, 4.69) is 20.2 Å². The highest BCUT2D eigenvalue weighted by atomic mass is 16.1. The molecule has 3 heterocycles. The zero-order valence-corrected chi connectivity index (χ0v) is 11.5. The molecule has 20 heavy (non-hydrogen) atoms. The van der Waals surface area contributed by atoms with Crippen molar-refractivity contribution in [1.29, 1.82) is 0 Å². The predicted octanol–water partition coefficient (Wildman–Crippen LogP) is 0.525. The summed E-state index contributed by atoms with van der Waals surface area (Å²) in [6.45, 7) is 3.65. The standard InChI is InChI=1S/C13H18N6O/c1-9-15-16-12-4-5-13(17-19(9)12)18-6-2-3-10(8-18)7-11(14)20/h4-5,10H,2-3,6-8H2,1H3,(H2,14,20). The van der Waals surface area contributed by atoms with Crippen molar-refractivity contribution in [1.82, 2.24) is 19.8 Å². The molecule has 3 rings (SSSR count). The van der Waals surface area contributed by atoms with Crippen molar-refractivity contribution in [2.24, 2.45) is 11.7 Å². The Balaban J connectivity index is 1.82. The van der Waals surface area contributed by atoms with Crippen LogP contribution in [0.4, 0.5) is 5.82 Å². The third kappa shape index (κ3) is 2.43. The smallest absolute Gasteiger partial charge is 0.217 e. The first kappa shape index (κ1) is 12.8. The lowest BCUT2D eigenvalue weighted by Gasteiger charge is -2.32.